The van der Waals surface area contributed by atoms with Crippen molar-refractivity contribution >= 4 is 65.8 Å². The lowest BCUT2D eigenvalue weighted by molar-refractivity contribution is -0.272. The maximum atomic E-state index is 13.9. The fourth-order valence-electron chi connectivity index (χ4n) is 9.83. The molecule has 0 saturated carbocycles. The van der Waals surface area contributed by atoms with E-state index in [1.165, 1.54) is 30.6 Å². The van der Waals surface area contributed by atoms with Crippen LogP contribution >= 0.6 is 6.72 Å². The topological polar surface area (TPSA) is 551 Å². The van der Waals surface area contributed by atoms with Crippen LogP contribution in [0.2, 0.25) is 0 Å². The van der Waals surface area contributed by atoms with E-state index in [0.29, 0.717) is 0 Å². The molecule has 0 spiro atoms. The van der Waals surface area contributed by atoms with Gasteiger partial charge in [0.15, 0.2) is 18.9 Å². The van der Waals surface area contributed by atoms with Crippen molar-refractivity contribution in [1.29, 1.82) is 0 Å². The lowest BCUT2D eigenvalue weighted by Crippen LogP contribution is -2.64. The summed E-state index contributed by atoms with van der Waals surface area (Å²) in [5.41, 5.74) is -0.836. The molecule has 0 aromatic carbocycles. The summed E-state index contributed by atoms with van der Waals surface area (Å²) in [4.78, 5) is 115. The van der Waals surface area contributed by atoms with Gasteiger partial charge in [-0.15, -0.1) is 0 Å². The number of amides is 8. The number of nitrogens with one attached hydrogen (secondary N) is 7. The molecule has 16 unspecified atom stereocenters. The Hall–Kier alpha value is -4.51. The summed E-state index contributed by atoms with van der Waals surface area (Å²) in [5, 5.41) is 120. The number of carbonyl (C=O) groups excluding carboxylic acids is 8. The van der Waals surface area contributed by atoms with Crippen LogP contribution in [0.15, 0.2) is 0 Å². The van der Waals surface area contributed by atoms with Gasteiger partial charge in [-0.05, 0) is 45.4 Å². The monoisotopic (exact) mass is 1460 g/mol. The van der Waals surface area contributed by atoms with Gasteiger partial charge in [-0.3, -0.25) is 43.3 Å². The van der Waals surface area contributed by atoms with E-state index in [4.69, 9.17) is 63.5 Å². The molecule has 0 aromatic heterocycles. The third-order valence-corrected chi connectivity index (χ3v) is 16.3. The fraction of sp³-hybridized carbons (Fsp3) is 0.860. The third-order valence-electron chi connectivity index (χ3n) is 14.5. The molecule has 0 radical (unpaired) electrons. The van der Waals surface area contributed by atoms with Gasteiger partial charge in [-0.1, -0.05) is 0 Å². The summed E-state index contributed by atoms with van der Waals surface area (Å²) in [6.45, 7) is -0.208. The van der Waals surface area contributed by atoms with Gasteiger partial charge in [-0.25, -0.2) is 0 Å². The molecule has 3 heterocycles. The van der Waals surface area contributed by atoms with Crippen molar-refractivity contribution in [1.82, 2.24) is 47.0 Å². The van der Waals surface area contributed by atoms with Gasteiger partial charge < -0.3 is 150 Å². The molecule has 0 aliphatic carbocycles. The van der Waals surface area contributed by atoms with E-state index in [1.54, 1.807) is 20.8 Å². The Kier molecular flexibility index (Phi) is 41.3. The highest BCUT2D eigenvalue weighted by Gasteiger charge is 2.48. The molecule has 8 amide bonds. The van der Waals surface area contributed by atoms with E-state index in [0.717, 1.165) is 0 Å². The summed E-state index contributed by atoms with van der Waals surface area (Å²) in [7, 11) is 0. The summed E-state index contributed by atoms with van der Waals surface area (Å²) >= 11 is 4.98. The SMILES string of the molecule is CC(=O)NC1C(OCCOCCNC(=O)CN(CCCN(CC(=O)NCCOCCOC2OC(CO)C(O)C(O)C2NC(C)=O)C(=O)CCCC(=O)NC[C@@H](O)COP(O)(=S)OC(C)(C)C)CC(=O)NCCOCCOC2OC(CO)C(O)C(O)C2NC(C)=O)OC(CO)C(O)C1O. The highest BCUT2D eigenvalue weighted by atomic mass is 32.5. The maximum Gasteiger partial charge on any atom is 0.325 e. The first-order valence-electron chi connectivity index (χ1n) is 32.0. The second kappa shape index (κ2) is 46.2. The number of carbonyl (C=O) groups is 8. The fourth-order valence-corrected chi connectivity index (χ4v) is 11.8. The van der Waals surface area contributed by atoms with E-state index in [2.05, 4.69) is 37.2 Å². The zero-order valence-corrected chi connectivity index (χ0v) is 57.8. The molecule has 0 aromatic rings. The second-order valence-corrected chi connectivity index (χ2v) is 26.7. The van der Waals surface area contributed by atoms with Crippen molar-refractivity contribution < 1.29 is 146 Å². The number of ether oxygens (including phenoxy) is 9. The summed E-state index contributed by atoms with van der Waals surface area (Å²) in [6.07, 6.45) is -18.2. The average molecular weight is 1460 g/mol. The number of hydrogen-bond donors (Lipinski definition) is 18. The Morgan fingerprint density at radius 2 is 0.888 bits per heavy atom. The quantitative estimate of drug-likeness (QED) is 0.0199. The molecule has 98 heavy (non-hydrogen) atoms. The van der Waals surface area contributed by atoms with Crippen LogP contribution < -0.4 is 37.2 Å². The van der Waals surface area contributed by atoms with E-state index < -0.39 is 191 Å². The van der Waals surface area contributed by atoms with Crippen LogP contribution in [0.3, 0.4) is 0 Å². The van der Waals surface area contributed by atoms with Crippen LogP contribution in [0.25, 0.3) is 0 Å². The molecule has 18 N–H and O–H groups in total. The molecule has 568 valence electrons. The molecule has 0 bridgehead atoms. The Bertz CT molecular complexity index is 2390. The predicted octanol–water partition coefficient (Wildman–Crippen LogP) is -9.52. The molecule has 3 rings (SSSR count). The standard InChI is InChI=1S/C57H104N9O30PS/c1-33(70)62-45-51(82)48(79)37(29-67)93-54(45)89-22-19-86-16-11-58-41(75)26-65(27-42(76)59-12-17-87-20-23-90-55-46(63-34(2)71)52(83)49(80)38(30-68)94-55)14-8-15-66(44(78)10-7-9-40(74)61-25-36(73)32-92-97(85,98)96-57(4,5)6)28-43(77)60-13-18-88-21-24-91-56-47(64-35(3)72)53(84)50(81)39(31-69)95-56/h36-39,45-56,67-69,73,79-84H,7-32H2,1-6H3,(H,58,75)(H,59,76)(H,60,77)(H,61,74)(H,62,70)(H,63,71)(H,64,72)(H,85,98)/t36-,37?,38?,39?,45?,46?,47?,48?,49?,50?,51?,52?,53?,54?,55?,56?,97?/m1/s1. The molecular weight excluding hydrogens is 1350 g/mol. The van der Waals surface area contributed by atoms with Crippen molar-refractivity contribution in [2.75, 3.05) is 145 Å². The van der Waals surface area contributed by atoms with Gasteiger partial charge in [0.05, 0.1) is 117 Å². The highest BCUT2D eigenvalue weighted by Crippen LogP contribution is 2.47. The Morgan fingerprint density at radius 3 is 1.24 bits per heavy atom. The normalized spacial score (nSPS) is 26.7. The first-order chi connectivity index (χ1) is 46.3. The highest BCUT2D eigenvalue weighted by molar-refractivity contribution is 8.07. The van der Waals surface area contributed by atoms with Crippen molar-refractivity contribution in [3.8, 4) is 0 Å². The van der Waals surface area contributed by atoms with Crippen LogP contribution in [0, 0.1) is 0 Å². The van der Waals surface area contributed by atoms with Crippen molar-refractivity contribution in [3.05, 3.63) is 0 Å². The molecule has 3 aliphatic rings. The van der Waals surface area contributed by atoms with Crippen LogP contribution in [0.5, 0.6) is 0 Å². The van der Waals surface area contributed by atoms with Gasteiger partial charge in [0.1, 0.15) is 73.1 Å². The minimum Gasteiger partial charge on any atom is -0.394 e. The largest absolute Gasteiger partial charge is 0.394 e. The zero-order valence-electron chi connectivity index (χ0n) is 56.0. The average Bonchev–Trinajstić information content (AvgIpc) is 0.825. The number of aliphatic hydroxyl groups is 10. The smallest absolute Gasteiger partial charge is 0.325 e. The summed E-state index contributed by atoms with van der Waals surface area (Å²) in [5.74, 6) is -4.49. The molecule has 39 nitrogen and oxygen atoms in total. The number of nitrogens with zero attached hydrogens (tertiary/aromatic N) is 2. The van der Waals surface area contributed by atoms with Crippen LogP contribution in [-0.2, 0) is 102 Å². The molecule has 3 aliphatic heterocycles. The van der Waals surface area contributed by atoms with Crippen molar-refractivity contribution in [3.63, 3.8) is 0 Å². The Labute approximate surface area is 572 Å². The molecule has 41 heteroatoms. The summed E-state index contributed by atoms with van der Waals surface area (Å²) < 4.78 is 60.8. The zero-order chi connectivity index (χ0) is 73.1. The Balaban J connectivity index is 1.66. The number of rotatable bonds is 47. The number of aliphatic hydroxyl groups excluding tert-OH is 10. The molecular formula is C57H104N9O30PS. The number of hydrogen-bond acceptors (Lipinski definition) is 31. The van der Waals surface area contributed by atoms with Gasteiger partial charge in [0, 0.05) is 72.9 Å². The maximum absolute atomic E-state index is 13.9. The Morgan fingerprint density at radius 1 is 0.510 bits per heavy atom. The van der Waals surface area contributed by atoms with Crippen LogP contribution in [0.1, 0.15) is 67.2 Å². The first kappa shape index (κ1) is 87.7. The van der Waals surface area contributed by atoms with E-state index >= 15 is 0 Å². The van der Waals surface area contributed by atoms with Gasteiger partial charge in [0.2, 0.25) is 47.3 Å². The predicted molar refractivity (Wildman–Crippen MR) is 339 cm³/mol. The third kappa shape index (κ3) is 34.0. The van der Waals surface area contributed by atoms with E-state index in [9.17, 15) is 94.3 Å². The molecule has 3 saturated heterocycles. The van der Waals surface area contributed by atoms with Gasteiger partial charge in [-0.2, -0.15) is 0 Å². The van der Waals surface area contributed by atoms with Crippen molar-refractivity contribution in [2.45, 2.75) is 171 Å². The van der Waals surface area contributed by atoms with E-state index in [1.807, 2.05) is 0 Å². The minimum atomic E-state index is -3.71. The van der Waals surface area contributed by atoms with Gasteiger partial charge in [0.25, 0.3) is 0 Å². The summed E-state index contributed by atoms with van der Waals surface area (Å²) in [6, 6.07) is -3.54. The van der Waals surface area contributed by atoms with Crippen LogP contribution in [0.4, 0.5) is 0 Å². The molecule has 17 atom stereocenters. The lowest BCUT2D eigenvalue weighted by Gasteiger charge is -2.42. The van der Waals surface area contributed by atoms with E-state index in [-0.39, 0.29) is 138 Å². The van der Waals surface area contributed by atoms with Crippen molar-refractivity contribution in [2.24, 2.45) is 0 Å². The van der Waals surface area contributed by atoms with Crippen LogP contribution in [-0.4, -0.2) is 361 Å². The minimum absolute atomic E-state index is 0.0118. The lowest BCUT2D eigenvalue weighted by atomic mass is 9.97. The van der Waals surface area contributed by atoms with Gasteiger partial charge >= 0.3 is 6.72 Å². The first-order valence-corrected chi connectivity index (χ1v) is 34.6. The second-order valence-electron chi connectivity index (χ2n) is 24.0. The molecule has 3 fully saturated rings.